The van der Waals surface area contributed by atoms with E-state index in [9.17, 15) is 4.79 Å². The molecule has 3 rings (SSSR count). The van der Waals surface area contributed by atoms with Crippen LogP contribution in [0.4, 0.5) is 0 Å². The zero-order valence-electron chi connectivity index (χ0n) is 16.2. The zero-order chi connectivity index (χ0) is 19.4. The van der Waals surface area contributed by atoms with Crippen molar-refractivity contribution in [3.63, 3.8) is 0 Å². The first kappa shape index (κ1) is 19.1. The Morgan fingerprint density at radius 1 is 1.15 bits per heavy atom. The van der Waals surface area contributed by atoms with Crippen molar-refractivity contribution in [3.8, 4) is 5.75 Å². The normalized spacial score (nSPS) is 10.7. The van der Waals surface area contributed by atoms with Gasteiger partial charge in [-0.1, -0.05) is 36.4 Å². The number of carbonyl (C=O) groups excluding carboxylic acids is 1. The molecule has 0 bridgehead atoms. The molecule has 0 saturated carbocycles. The Morgan fingerprint density at radius 2 is 1.89 bits per heavy atom. The lowest BCUT2D eigenvalue weighted by Crippen LogP contribution is -2.26. The number of aryl methyl sites for hydroxylation is 2. The first-order valence-electron chi connectivity index (χ1n) is 8.88. The van der Waals surface area contributed by atoms with Gasteiger partial charge in [-0.05, 0) is 49.1 Å². The van der Waals surface area contributed by atoms with E-state index >= 15 is 0 Å². The van der Waals surface area contributed by atoms with Crippen LogP contribution in [0.3, 0.4) is 0 Å². The molecule has 3 aromatic rings. The molecule has 0 fully saturated rings. The highest BCUT2D eigenvalue weighted by molar-refractivity contribution is 7.09. The number of carbonyl (C=O) groups is 1. The van der Waals surface area contributed by atoms with Gasteiger partial charge in [0.1, 0.15) is 23.1 Å². The maximum absolute atomic E-state index is 12.6. The predicted octanol–water partition coefficient (Wildman–Crippen LogP) is 4.92. The number of thiazole rings is 1. The second-order valence-corrected chi connectivity index (χ2v) is 7.71. The van der Waals surface area contributed by atoms with E-state index in [0.29, 0.717) is 18.8 Å². The molecule has 0 unspecified atom stereocenters. The van der Waals surface area contributed by atoms with Crippen LogP contribution in [-0.2, 0) is 13.2 Å². The standard InChI is InChI=1S/C22H24N2O2S/c1-15-10-16(2)17(3)20(11-15)26-13-21-23-19(14-27-21)22(25)24(4)12-18-8-6-5-7-9-18/h5-11,14H,12-13H2,1-4H3. The van der Waals surface area contributed by atoms with Gasteiger partial charge in [-0.2, -0.15) is 0 Å². The van der Waals surface area contributed by atoms with Gasteiger partial charge in [-0.3, -0.25) is 4.79 Å². The average Bonchev–Trinajstić information content (AvgIpc) is 3.12. The molecule has 0 radical (unpaired) electrons. The number of nitrogens with zero attached hydrogens (tertiary/aromatic N) is 2. The summed E-state index contributed by atoms with van der Waals surface area (Å²) >= 11 is 1.45. The summed E-state index contributed by atoms with van der Waals surface area (Å²) in [4.78, 5) is 18.8. The van der Waals surface area contributed by atoms with E-state index in [1.54, 1.807) is 17.3 Å². The second kappa shape index (κ2) is 8.35. The third-order valence-corrected chi connectivity index (χ3v) is 5.32. The van der Waals surface area contributed by atoms with Gasteiger partial charge in [0.2, 0.25) is 0 Å². The number of aromatic nitrogens is 1. The van der Waals surface area contributed by atoms with Crippen LogP contribution in [0.25, 0.3) is 0 Å². The van der Waals surface area contributed by atoms with Crippen LogP contribution in [0, 0.1) is 20.8 Å². The van der Waals surface area contributed by atoms with Gasteiger partial charge in [0, 0.05) is 19.0 Å². The van der Waals surface area contributed by atoms with E-state index < -0.39 is 0 Å². The molecular weight excluding hydrogens is 356 g/mol. The molecule has 4 nitrogen and oxygen atoms in total. The fraction of sp³-hybridized carbons (Fsp3) is 0.273. The Balaban J connectivity index is 1.63. The van der Waals surface area contributed by atoms with Gasteiger partial charge in [0.05, 0.1) is 0 Å². The molecule has 0 aliphatic carbocycles. The summed E-state index contributed by atoms with van der Waals surface area (Å²) in [5, 5.41) is 2.60. The largest absolute Gasteiger partial charge is 0.486 e. The van der Waals surface area contributed by atoms with Crippen LogP contribution in [0.1, 0.15) is 37.7 Å². The molecule has 1 amide bonds. The topological polar surface area (TPSA) is 42.4 Å². The lowest BCUT2D eigenvalue weighted by Gasteiger charge is -2.15. The van der Waals surface area contributed by atoms with Crippen molar-refractivity contribution in [1.82, 2.24) is 9.88 Å². The summed E-state index contributed by atoms with van der Waals surface area (Å²) in [5.41, 5.74) is 5.08. The summed E-state index contributed by atoms with van der Waals surface area (Å²) < 4.78 is 5.96. The first-order chi connectivity index (χ1) is 12.9. The highest BCUT2D eigenvalue weighted by Crippen LogP contribution is 2.25. The lowest BCUT2D eigenvalue weighted by atomic mass is 10.1. The quantitative estimate of drug-likeness (QED) is 0.610. The van der Waals surface area contributed by atoms with Crippen LogP contribution in [-0.4, -0.2) is 22.8 Å². The number of ether oxygens (including phenoxy) is 1. The van der Waals surface area contributed by atoms with Crippen molar-refractivity contribution in [1.29, 1.82) is 0 Å². The number of hydrogen-bond donors (Lipinski definition) is 0. The van der Waals surface area contributed by atoms with Crippen LogP contribution < -0.4 is 4.74 Å². The molecule has 5 heteroatoms. The molecule has 1 aromatic heterocycles. The number of rotatable bonds is 6. The van der Waals surface area contributed by atoms with Crippen LogP contribution in [0.15, 0.2) is 47.8 Å². The molecular formula is C22H24N2O2S. The molecule has 1 heterocycles. The summed E-state index contributed by atoms with van der Waals surface area (Å²) in [7, 11) is 1.80. The highest BCUT2D eigenvalue weighted by atomic mass is 32.1. The van der Waals surface area contributed by atoms with Gasteiger partial charge in [-0.25, -0.2) is 4.98 Å². The number of amides is 1. The number of hydrogen-bond acceptors (Lipinski definition) is 4. The maximum Gasteiger partial charge on any atom is 0.273 e. The van der Waals surface area contributed by atoms with Crippen LogP contribution in [0.2, 0.25) is 0 Å². The Kier molecular flexibility index (Phi) is 5.91. The molecule has 0 atom stereocenters. The summed E-state index contributed by atoms with van der Waals surface area (Å²) in [6.45, 7) is 7.12. The molecule has 0 saturated heterocycles. The molecule has 0 spiro atoms. The third kappa shape index (κ3) is 4.74. The molecule has 2 aromatic carbocycles. The van der Waals surface area contributed by atoms with E-state index in [2.05, 4.69) is 31.8 Å². The molecule has 140 valence electrons. The van der Waals surface area contributed by atoms with Gasteiger partial charge >= 0.3 is 0 Å². The maximum atomic E-state index is 12.6. The van der Waals surface area contributed by atoms with E-state index in [1.807, 2.05) is 36.4 Å². The van der Waals surface area contributed by atoms with Crippen molar-refractivity contribution in [2.75, 3.05) is 7.05 Å². The van der Waals surface area contributed by atoms with E-state index in [1.165, 1.54) is 22.5 Å². The van der Waals surface area contributed by atoms with E-state index in [0.717, 1.165) is 21.9 Å². The Labute approximate surface area is 164 Å². The van der Waals surface area contributed by atoms with Crippen LogP contribution in [0.5, 0.6) is 5.75 Å². The zero-order valence-corrected chi connectivity index (χ0v) is 17.0. The van der Waals surface area contributed by atoms with Gasteiger partial charge < -0.3 is 9.64 Å². The number of benzene rings is 2. The van der Waals surface area contributed by atoms with Crippen molar-refractivity contribution in [2.24, 2.45) is 0 Å². The first-order valence-corrected chi connectivity index (χ1v) is 9.76. The van der Waals surface area contributed by atoms with Crippen molar-refractivity contribution in [3.05, 3.63) is 80.8 Å². The monoisotopic (exact) mass is 380 g/mol. The molecule has 0 aliphatic heterocycles. The Hall–Kier alpha value is -2.66. The minimum Gasteiger partial charge on any atom is -0.486 e. The third-order valence-electron chi connectivity index (χ3n) is 4.50. The summed E-state index contributed by atoms with van der Waals surface area (Å²) in [5.74, 6) is 0.792. The Morgan fingerprint density at radius 3 is 2.63 bits per heavy atom. The second-order valence-electron chi connectivity index (χ2n) is 6.77. The van der Waals surface area contributed by atoms with Crippen LogP contribution >= 0.6 is 11.3 Å². The summed E-state index contributed by atoms with van der Waals surface area (Å²) in [6.07, 6.45) is 0. The minimum absolute atomic E-state index is 0.0797. The van der Waals surface area contributed by atoms with E-state index in [4.69, 9.17) is 4.74 Å². The lowest BCUT2D eigenvalue weighted by molar-refractivity contribution is 0.0779. The van der Waals surface area contributed by atoms with Gasteiger partial charge in [-0.15, -0.1) is 11.3 Å². The average molecular weight is 381 g/mol. The summed E-state index contributed by atoms with van der Waals surface area (Å²) in [6, 6.07) is 14.1. The SMILES string of the molecule is Cc1cc(C)c(C)c(OCc2nc(C(=O)N(C)Cc3ccccc3)cs2)c1. The van der Waals surface area contributed by atoms with Crippen molar-refractivity contribution >= 4 is 17.2 Å². The smallest absolute Gasteiger partial charge is 0.273 e. The van der Waals surface area contributed by atoms with E-state index in [-0.39, 0.29) is 5.91 Å². The van der Waals surface area contributed by atoms with Crippen molar-refractivity contribution in [2.45, 2.75) is 33.9 Å². The highest BCUT2D eigenvalue weighted by Gasteiger charge is 2.16. The molecule has 27 heavy (non-hydrogen) atoms. The predicted molar refractivity (Wildman–Crippen MR) is 109 cm³/mol. The fourth-order valence-electron chi connectivity index (χ4n) is 2.89. The fourth-order valence-corrected chi connectivity index (χ4v) is 3.57. The van der Waals surface area contributed by atoms with Gasteiger partial charge in [0.25, 0.3) is 5.91 Å². The molecule has 0 aliphatic rings. The minimum atomic E-state index is -0.0797. The van der Waals surface area contributed by atoms with Crippen molar-refractivity contribution < 1.29 is 9.53 Å². The molecule has 0 N–H and O–H groups in total. The Bertz CT molecular complexity index is 935. The van der Waals surface area contributed by atoms with Gasteiger partial charge in [0.15, 0.2) is 0 Å².